The molecule has 0 heterocycles. The van der Waals surface area contributed by atoms with Crippen molar-refractivity contribution in [2.24, 2.45) is 0 Å². The van der Waals surface area contributed by atoms with Gasteiger partial charge in [-0.3, -0.25) is 0 Å². The highest BCUT2D eigenvalue weighted by molar-refractivity contribution is 8.26. The van der Waals surface area contributed by atoms with Gasteiger partial charge in [0.1, 0.15) is 0 Å². The van der Waals surface area contributed by atoms with E-state index in [0.717, 1.165) is 12.5 Å². The van der Waals surface area contributed by atoms with Gasteiger partial charge in [-0.2, -0.15) is 0 Å². The fraction of sp³-hybridized carbons (Fsp3) is 1.00. The van der Waals surface area contributed by atoms with Gasteiger partial charge in [0.15, 0.2) is 0 Å². The highest BCUT2D eigenvalue weighted by Gasteiger charge is 2.33. The molecule has 0 radical (unpaired) electrons. The van der Waals surface area contributed by atoms with E-state index in [1.165, 1.54) is 0 Å². The average molecular weight is 180 g/mol. The van der Waals surface area contributed by atoms with Crippen LogP contribution in [0.25, 0.3) is 0 Å². The van der Waals surface area contributed by atoms with Crippen LogP contribution >= 0.6 is 11.2 Å². The second-order valence-corrected chi connectivity index (χ2v) is 8.23. The standard InChI is InChI=1S/C6H16O2SSi/c1-5-6-10(7-2,8-3)9-4/h5-6H2,1-4H3. The topological polar surface area (TPSA) is 18.5 Å². The number of rotatable bonds is 5. The maximum absolute atomic E-state index is 5.36. The number of hydrogen-bond donors (Lipinski definition) is 0. The molecule has 0 aliphatic carbocycles. The molecule has 0 aliphatic heterocycles. The fourth-order valence-electron chi connectivity index (χ4n) is 0.862. The maximum Gasteiger partial charge on any atom is 0.405 e. The molecule has 0 unspecified atom stereocenters. The Bertz CT molecular complexity index is 77.6. The molecule has 10 heavy (non-hydrogen) atoms. The largest absolute Gasteiger partial charge is 0.405 e. The highest BCUT2D eigenvalue weighted by Crippen LogP contribution is 2.24. The fourth-order valence-corrected chi connectivity index (χ4v) is 4.81. The van der Waals surface area contributed by atoms with Crippen molar-refractivity contribution in [3.8, 4) is 0 Å². The van der Waals surface area contributed by atoms with Crippen LogP contribution in [0.2, 0.25) is 6.04 Å². The second-order valence-electron chi connectivity index (χ2n) is 2.05. The summed E-state index contributed by atoms with van der Waals surface area (Å²) in [6.45, 7) is 2.15. The Morgan fingerprint density at radius 2 is 1.80 bits per heavy atom. The molecule has 2 nitrogen and oxygen atoms in total. The van der Waals surface area contributed by atoms with Crippen molar-refractivity contribution in [1.82, 2.24) is 0 Å². The first-order valence-corrected chi connectivity index (χ1v) is 7.37. The van der Waals surface area contributed by atoms with Crippen LogP contribution in [-0.2, 0) is 8.85 Å². The Hall–Kier alpha value is 0.487. The Morgan fingerprint density at radius 1 is 1.30 bits per heavy atom. The Balaban J connectivity index is 3.87. The summed E-state index contributed by atoms with van der Waals surface area (Å²) in [5, 5.41) is 0. The molecule has 0 N–H and O–H groups in total. The summed E-state index contributed by atoms with van der Waals surface area (Å²) in [6, 6.07) is 1.07. The van der Waals surface area contributed by atoms with Gasteiger partial charge in [-0.05, 0) is 6.26 Å². The van der Waals surface area contributed by atoms with Crippen LogP contribution in [0.1, 0.15) is 13.3 Å². The van der Waals surface area contributed by atoms with E-state index in [0.29, 0.717) is 0 Å². The van der Waals surface area contributed by atoms with Crippen LogP contribution < -0.4 is 0 Å². The van der Waals surface area contributed by atoms with E-state index in [9.17, 15) is 0 Å². The summed E-state index contributed by atoms with van der Waals surface area (Å²) in [7, 11) is 1.68. The summed E-state index contributed by atoms with van der Waals surface area (Å²) >= 11 is 1.74. The van der Waals surface area contributed by atoms with Crippen molar-refractivity contribution in [3.63, 3.8) is 0 Å². The summed E-state index contributed by atoms with van der Waals surface area (Å²) in [5.41, 5.74) is 0. The SMILES string of the molecule is CCC[Si](OC)(OC)SC. The van der Waals surface area contributed by atoms with E-state index >= 15 is 0 Å². The molecule has 0 bridgehead atoms. The van der Waals surface area contributed by atoms with Crippen LogP contribution in [-0.4, -0.2) is 28.2 Å². The minimum absolute atomic E-state index is 1.07. The van der Waals surface area contributed by atoms with Gasteiger partial charge in [0.2, 0.25) is 0 Å². The van der Waals surface area contributed by atoms with Gasteiger partial charge >= 0.3 is 7.71 Å². The van der Waals surface area contributed by atoms with Crippen molar-refractivity contribution >= 4 is 18.9 Å². The molecule has 0 spiro atoms. The highest BCUT2D eigenvalue weighted by atomic mass is 32.4. The van der Waals surface area contributed by atoms with Crippen molar-refractivity contribution in [3.05, 3.63) is 0 Å². The van der Waals surface area contributed by atoms with Crippen LogP contribution in [0.3, 0.4) is 0 Å². The van der Waals surface area contributed by atoms with E-state index in [2.05, 4.69) is 13.2 Å². The Kier molecular flexibility index (Phi) is 5.43. The zero-order valence-electron chi connectivity index (χ0n) is 7.14. The Morgan fingerprint density at radius 3 is 1.90 bits per heavy atom. The summed E-state index contributed by atoms with van der Waals surface area (Å²) < 4.78 is 10.7. The minimum atomic E-state index is -1.80. The van der Waals surface area contributed by atoms with Gasteiger partial charge in [-0.1, -0.05) is 13.3 Å². The molecule has 4 heteroatoms. The predicted octanol–water partition coefficient (Wildman–Crippen LogP) is 1.99. The quantitative estimate of drug-likeness (QED) is 0.603. The molecular weight excluding hydrogens is 164 g/mol. The molecule has 0 amide bonds. The molecule has 62 valence electrons. The first-order chi connectivity index (χ1) is 4.74. The average Bonchev–Trinajstić information content (AvgIpc) is 2.01. The van der Waals surface area contributed by atoms with Gasteiger partial charge in [0, 0.05) is 20.3 Å². The van der Waals surface area contributed by atoms with Crippen molar-refractivity contribution in [2.75, 3.05) is 20.5 Å². The molecule has 0 atom stereocenters. The van der Waals surface area contributed by atoms with Gasteiger partial charge in [-0.25, -0.2) is 0 Å². The predicted molar refractivity (Wildman–Crippen MR) is 48.4 cm³/mol. The van der Waals surface area contributed by atoms with E-state index in [1.807, 2.05) is 0 Å². The zero-order chi connectivity index (χ0) is 8.04. The van der Waals surface area contributed by atoms with Gasteiger partial charge < -0.3 is 8.85 Å². The summed E-state index contributed by atoms with van der Waals surface area (Å²) in [4.78, 5) is 0. The third-order valence-electron chi connectivity index (χ3n) is 1.49. The van der Waals surface area contributed by atoms with Gasteiger partial charge in [0.05, 0.1) is 0 Å². The summed E-state index contributed by atoms with van der Waals surface area (Å²) in [5.74, 6) is 0. The second kappa shape index (κ2) is 5.18. The normalized spacial score (nSPS) is 12.0. The van der Waals surface area contributed by atoms with Crippen LogP contribution in [0.15, 0.2) is 0 Å². The molecule has 0 aromatic rings. The van der Waals surface area contributed by atoms with Crippen LogP contribution in [0.5, 0.6) is 0 Å². The molecule has 0 saturated heterocycles. The lowest BCUT2D eigenvalue weighted by Crippen LogP contribution is -2.35. The first kappa shape index (κ1) is 10.5. The first-order valence-electron chi connectivity index (χ1n) is 3.40. The lowest BCUT2D eigenvalue weighted by molar-refractivity contribution is 0.268. The van der Waals surface area contributed by atoms with E-state index < -0.39 is 7.71 Å². The Labute approximate surface area is 68.2 Å². The third kappa shape index (κ3) is 2.62. The van der Waals surface area contributed by atoms with Crippen LogP contribution in [0.4, 0.5) is 0 Å². The maximum atomic E-state index is 5.36. The third-order valence-corrected chi connectivity index (χ3v) is 7.95. The van der Waals surface area contributed by atoms with Crippen molar-refractivity contribution in [2.45, 2.75) is 19.4 Å². The van der Waals surface area contributed by atoms with Gasteiger partial charge in [-0.15, -0.1) is 11.2 Å². The molecule has 0 aromatic carbocycles. The van der Waals surface area contributed by atoms with Crippen molar-refractivity contribution < 1.29 is 8.85 Å². The molecule has 0 rings (SSSR count). The van der Waals surface area contributed by atoms with Crippen molar-refractivity contribution in [1.29, 1.82) is 0 Å². The smallest absolute Gasteiger partial charge is 0.390 e. The van der Waals surface area contributed by atoms with Crippen LogP contribution in [0, 0.1) is 0 Å². The van der Waals surface area contributed by atoms with E-state index in [1.54, 1.807) is 25.4 Å². The zero-order valence-corrected chi connectivity index (χ0v) is 8.96. The molecule has 0 aromatic heterocycles. The number of hydrogen-bond acceptors (Lipinski definition) is 3. The lowest BCUT2D eigenvalue weighted by atomic mass is 10.6. The molecule has 0 fully saturated rings. The molecule has 0 aliphatic rings. The monoisotopic (exact) mass is 180 g/mol. The van der Waals surface area contributed by atoms with E-state index in [4.69, 9.17) is 8.85 Å². The molecule has 0 saturated carbocycles. The summed E-state index contributed by atoms with van der Waals surface area (Å²) in [6.07, 6.45) is 3.18. The van der Waals surface area contributed by atoms with E-state index in [-0.39, 0.29) is 0 Å². The molecular formula is C6H16O2SSi. The minimum Gasteiger partial charge on any atom is -0.390 e. The van der Waals surface area contributed by atoms with Gasteiger partial charge in [0.25, 0.3) is 0 Å². The lowest BCUT2D eigenvalue weighted by Gasteiger charge is -2.23.